The topological polar surface area (TPSA) is 72.8 Å². The Morgan fingerprint density at radius 1 is 0.674 bits per heavy atom. The number of hydrogen-bond acceptors (Lipinski definition) is 5. The third kappa shape index (κ3) is 13.5. The van der Waals surface area contributed by atoms with E-state index in [1.165, 1.54) is 5.56 Å². The molecule has 3 aromatic carbocycles. The van der Waals surface area contributed by atoms with Crippen molar-refractivity contribution in [2.45, 2.75) is 107 Å². The molecule has 0 bridgehead atoms. The molecule has 43 heavy (non-hydrogen) atoms. The van der Waals surface area contributed by atoms with Crippen molar-refractivity contribution in [3.8, 4) is 22.6 Å². The molecule has 5 heteroatoms. The van der Waals surface area contributed by atoms with Crippen molar-refractivity contribution in [3.05, 3.63) is 84.4 Å². The molecule has 5 nitrogen and oxygen atoms in total. The first-order valence-corrected chi connectivity index (χ1v) is 15.4. The standard InChI is InChI=1S/C18H20O2.C10H20O2.C10H14O/c1-4-18(2,3)17(19)20-16-12-10-15(11-13-16)14-8-6-5-7-9-14;1-7-10(5,6)8(11)12-9(2,3)4;1-3-8(2)9-4-6-10(11)7-5-9/h5-13H,4H2,1-3H3;7H2,1-6H3;4-8,11H,3H2,1-2H3. The molecule has 3 aromatic rings. The summed E-state index contributed by atoms with van der Waals surface area (Å²) in [5.41, 5.74) is 2.39. The van der Waals surface area contributed by atoms with Crippen LogP contribution in [0.15, 0.2) is 78.9 Å². The lowest BCUT2D eigenvalue weighted by Gasteiger charge is -2.27. The van der Waals surface area contributed by atoms with Crippen LogP contribution in [0.3, 0.4) is 0 Å². The predicted molar refractivity (Wildman–Crippen MR) is 178 cm³/mol. The highest BCUT2D eigenvalue weighted by atomic mass is 16.6. The number of benzene rings is 3. The molecule has 1 N–H and O–H groups in total. The fraction of sp³-hybridized carbons (Fsp3) is 0.474. The van der Waals surface area contributed by atoms with Crippen LogP contribution in [-0.4, -0.2) is 22.6 Å². The Kier molecular flexibility index (Phi) is 14.7. The summed E-state index contributed by atoms with van der Waals surface area (Å²) in [4.78, 5) is 23.5. The van der Waals surface area contributed by atoms with Crippen LogP contribution < -0.4 is 4.74 Å². The van der Waals surface area contributed by atoms with E-state index >= 15 is 0 Å². The quantitative estimate of drug-likeness (QED) is 0.209. The van der Waals surface area contributed by atoms with Gasteiger partial charge in [0.15, 0.2) is 0 Å². The number of aromatic hydroxyl groups is 1. The Bertz CT molecular complexity index is 1230. The van der Waals surface area contributed by atoms with Crippen LogP contribution in [0, 0.1) is 10.8 Å². The number of rotatable bonds is 8. The van der Waals surface area contributed by atoms with Gasteiger partial charge in [0.1, 0.15) is 17.1 Å². The van der Waals surface area contributed by atoms with Crippen molar-refractivity contribution in [2.75, 3.05) is 0 Å². The zero-order valence-electron chi connectivity index (χ0n) is 28.3. The SMILES string of the molecule is CCC(C)(C)C(=O)OC(C)(C)C.CCC(C)(C)C(=O)Oc1ccc(-c2ccccc2)cc1.CCC(C)c1ccc(O)cc1. The summed E-state index contributed by atoms with van der Waals surface area (Å²) in [5.74, 6) is 1.23. The molecule has 0 amide bonds. The number of carbonyl (C=O) groups is 2. The second-order valence-electron chi connectivity index (χ2n) is 13.2. The van der Waals surface area contributed by atoms with Gasteiger partial charge in [0.2, 0.25) is 0 Å². The van der Waals surface area contributed by atoms with Gasteiger partial charge in [-0.25, -0.2) is 0 Å². The van der Waals surface area contributed by atoms with Gasteiger partial charge in [-0.15, -0.1) is 0 Å². The van der Waals surface area contributed by atoms with E-state index in [4.69, 9.17) is 14.6 Å². The normalized spacial score (nSPS) is 12.1. The maximum Gasteiger partial charge on any atom is 0.316 e. The van der Waals surface area contributed by atoms with Gasteiger partial charge in [-0.2, -0.15) is 0 Å². The first-order chi connectivity index (χ1) is 20.0. The Labute approximate surface area is 260 Å². The van der Waals surface area contributed by atoms with Gasteiger partial charge in [0.25, 0.3) is 0 Å². The third-order valence-corrected chi connectivity index (χ3v) is 7.52. The van der Waals surface area contributed by atoms with Crippen LogP contribution in [0.5, 0.6) is 11.5 Å². The highest BCUT2D eigenvalue weighted by molar-refractivity contribution is 5.78. The minimum Gasteiger partial charge on any atom is -0.508 e. The molecule has 0 spiro atoms. The Morgan fingerprint density at radius 3 is 1.58 bits per heavy atom. The molecule has 0 saturated heterocycles. The summed E-state index contributed by atoms with van der Waals surface area (Å²) >= 11 is 0. The fourth-order valence-electron chi connectivity index (χ4n) is 3.33. The summed E-state index contributed by atoms with van der Waals surface area (Å²) in [6.45, 7) is 21.6. The van der Waals surface area contributed by atoms with Crippen LogP contribution in [0.1, 0.15) is 107 Å². The van der Waals surface area contributed by atoms with Crippen LogP contribution >= 0.6 is 0 Å². The van der Waals surface area contributed by atoms with Crippen LogP contribution in [-0.2, 0) is 14.3 Å². The molecule has 0 radical (unpaired) electrons. The van der Waals surface area contributed by atoms with Gasteiger partial charge in [-0.05, 0) is 115 Å². The third-order valence-electron chi connectivity index (χ3n) is 7.52. The molecule has 1 atom stereocenters. The van der Waals surface area contributed by atoms with E-state index in [2.05, 4.69) is 26.0 Å². The Morgan fingerprint density at radius 2 is 1.14 bits per heavy atom. The number of hydrogen-bond donors (Lipinski definition) is 1. The molecule has 3 rings (SSSR count). The van der Waals surface area contributed by atoms with E-state index in [0.717, 1.165) is 30.4 Å². The van der Waals surface area contributed by atoms with E-state index in [9.17, 15) is 9.59 Å². The van der Waals surface area contributed by atoms with Crippen molar-refractivity contribution < 1.29 is 24.2 Å². The molecule has 0 saturated carbocycles. The molecule has 0 aliphatic rings. The smallest absolute Gasteiger partial charge is 0.316 e. The number of esters is 2. The van der Waals surface area contributed by atoms with E-state index in [1.54, 1.807) is 12.1 Å². The van der Waals surface area contributed by atoms with Gasteiger partial charge in [-0.1, -0.05) is 82.3 Å². The van der Waals surface area contributed by atoms with Crippen molar-refractivity contribution in [1.29, 1.82) is 0 Å². The molecule has 0 aliphatic heterocycles. The predicted octanol–water partition coefficient (Wildman–Crippen LogP) is 10.4. The maximum absolute atomic E-state index is 12.0. The average molecular weight is 591 g/mol. The van der Waals surface area contributed by atoms with Crippen LogP contribution in [0.2, 0.25) is 0 Å². The summed E-state index contributed by atoms with van der Waals surface area (Å²) < 4.78 is 10.7. The van der Waals surface area contributed by atoms with E-state index in [1.807, 2.05) is 117 Å². The largest absolute Gasteiger partial charge is 0.508 e. The lowest BCUT2D eigenvalue weighted by Crippen LogP contribution is -2.33. The molecule has 0 aliphatic carbocycles. The lowest BCUT2D eigenvalue weighted by atomic mass is 9.90. The maximum atomic E-state index is 12.0. The van der Waals surface area contributed by atoms with E-state index < -0.39 is 5.41 Å². The van der Waals surface area contributed by atoms with Crippen molar-refractivity contribution in [2.24, 2.45) is 10.8 Å². The number of phenolic OH excluding ortho intramolecular Hbond substituents is 1. The summed E-state index contributed by atoms with van der Waals surface area (Å²) in [6, 6.07) is 25.2. The second kappa shape index (κ2) is 16.9. The molecular weight excluding hydrogens is 536 g/mol. The van der Waals surface area contributed by atoms with Crippen molar-refractivity contribution >= 4 is 11.9 Å². The minimum atomic E-state index is -0.446. The highest BCUT2D eigenvalue weighted by Gasteiger charge is 2.30. The van der Waals surface area contributed by atoms with Crippen LogP contribution in [0.4, 0.5) is 0 Å². The van der Waals surface area contributed by atoms with Crippen molar-refractivity contribution in [1.82, 2.24) is 0 Å². The number of carbonyl (C=O) groups excluding carboxylic acids is 2. The van der Waals surface area contributed by atoms with Gasteiger partial charge in [0.05, 0.1) is 10.8 Å². The minimum absolute atomic E-state index is 0.113. The molecular formula is C38H54O5. The number of ether oxygens (including phenoxy) is 2. The first kappa shape index (κ1) is 37.4. The van der Waals surface area contributed by atoms with Gasteiger partial charge in [-0.3, -0.25) is 9.59 Å². The van der Waals surface area contributed by atoms with Crippen LogP contribution in [0.25, 0.3) is 11.1 Å². The van der Waals surface area contributed by atoms with Gasteiger partial charge >= 0.3 is 11.9 Å². The molecule has 236 valence electrons. The summed E-state index contributed by atoms with van der Waals surface area (Å²) in [5, 5.41) is 9.01. The molecule has 0 heterocycles. The van der Waals surface area contributed by atoms with E-state index in [0.29, 0.717) is 17.4 Å². The first-order valence-electron chi connectivity index (χ1n) is 15.4. The lowest BCUT2D eigenvalue weighted by molar-refractivity contribution is -0.165. The van der Waals surface area contributed by atoms with E-state index in [-0.39, 0.29) is 23.0 Å². The molecule has 1 unspecified atom stereocenters. The molecule has 0 aromatic heterocycles. The molecule has 0 fully saturated rings. The summed E-state index contributed by atoms with van der Waals surface area (Å²) in [7, 11) is 0. The monoisotopic (exact) mass is 590 g/mol. The number of phenols is 1. The Hall–Kier alpha value is -3.60. The highest BCUT2D eigenvalue weighted by Crippen LogP contribution is 2.27. The average Bonchev–Trinajstić information content (AvgIpc) is 2.97. The second-order valence-corrected chi connectivity index (χ2v) is 13.2. The zero-order chi connectivity index (χ0) is 32.8. The fourth-order valence-corrected chi connectivity index (χ4v) is 3.33. The Balaban J connectivity index is 0.000000347. The van der Waals surface area contributed by atoms with Gasteiger partial charge in [0, 0.05) is 0 Å². The van der Waals surface area contributed by atoms with Crippen molar-refractivity contribution in [3.63, 3.8) is 0 Å². The summed E-state index contributed by atoms with van der Waals surface area (Å²) in [6.07, 6.45) is 2.71. The zero-order valence-corrected chi connectivity index (χ0v) is 28.3. The van der Waals surface area contributed by atoms with Gasteiger partial charge < -0.3 is 14.6 Å².